The van der Waals surface area contributed by atoms with Crippen LogP contribution in [0.1, 0.15) is 35.8 Å². The molecule has 28 heavy (non-hydrogen) atoms. The Labute approximate surface area is 167 Å². The summed E-state index contributed by atoms with van der Waals surface area (Å²) in [4.78, 5) is 33.3. The third-order valence-corrected chi connectivity index (χ3v) is 5.45. The monoisotopic (exact) mass is 432 g/mol. The van der Waals surface area contributed by atoms with Gasteiger partial charge in [0.15, 0.2) is 10.9 Å². The number of alkyl halides is 3. The second kappa shape index (κ2) is 8.04. The number of nitrogens with one attached hydrogen (secondary N) is 1. The predicted octanol–water partition coefficient (Wildman–Crippen LogP) is 4.27. The number of hydrogen-bond acceptors (Lipinski definition) is 6. The lowest BCUT2D eigenvalue weighted by Gasteiger charge is -2.32. The molecule has 2 aromatic heterocycles. The summed E-state index contributed by atoms with van der Waals surface area (Å²) in [6.07, 6.45) is -2.75. The summed E-state index contributed by atoms with van der Waals surface area (Å²) >= 11 is 7.16. The van der Waals surface area contributed by atoms with Gasteiger partial charge in [-0.15, -0.1) is 11.3 Å². The van der Waals surface area contributed by atoms with Crippen molar-refractivity contribution in [1.29, 1.82) is 0 Å². The quantitative estimate of drug-likeness (QED) is 0.730. The highest BCUT2D eigenvalue weighted by Crippen LogP contribution is 2.34. The zero-order chi connectivity index (χ0) is 20.5. The van der Waals surface area contributed by atoms with Crippen molar-refractivity contribution in [3.8, 4) is 0 Å². The Kier molecular flexibility index (Phi) is 5.90. The number of hydrogen-bond donors (Lipinski definition) is 1. The Morgan fingerprint density at radius 2 is 2.00 bits per heavy atom. The fourth-order valence-electron chi connectivity index (χ4n) is 2.87. The van der Waals surface area contributed by atoms with Crippen molar-refractivity contribution in [1.82, 2.24) is 9.97 Å². The van der Waals surface area contributed by atoms with Gasteiger partial charge < -0.3 is 10.2 Å². The number of Topliss-reactive ketones (excluding diaryl/α,β-unsaturated/α-hetero) is 1. The Hall–Kier alpha value is -2.20. The van der Waals surface area contributed by atoms with E-state index in [2.05, 4.69) is 15.3 Å². The number of pyridine rings is 1. The van der Waals surface area contributed by atoms with Gasteiger partial charge in [-0.05, 0) is 18.9 Å². The van der Waals surface area contributed by atoms with Crippen LogP contribution in [0.5, 0.6) is 0 Å². The van der Waals surface area contributed by atoms with E-state index in [0.717, 1.165) is 12.3 Å². The maximum absolute atomic E-state index is 12.7. The standard InChI is InChI=1S/C17H16ClF3N4O2S/c1-9(26)13-8-28-16(23-13)24-15(27)10-2-4-25(5-3-10)14-12(18)6-11(7-22-14)17(19,20)21/h6-8,10H,2-5H2,1H3,(H,23,24,27). The van der Waals surface area contributed by atoms with Crippen LogP contribution in [-0.4, -0.2) is 34.7 Å². The molecule has 1 N–H and O–H groups in total. The van der Waals surface area contributed by atoms with Crippen LogP contribution in [0.4, 0.5) is 24.1 Å². The van der Waals surface area contributed by atoms with Gasteiger partial charge in [-0.1, -0.05) is 11.6 Å². The smallest absolute Gasteiger partial charge is 0.355 e. The first-order chi connectivity index (χ1) is 13.1. The van der Waals surface area contributed by atoms with Gasteiger partial charge in [0.1, 0.15) is 11.5 Å². The van der Waals surface area contributed by atoms with Gasteiger partial charge in [-0.2, -0.15) is 13.2 Å². The van der Waals surface area contributed by atoms with Crippen molar-refractivity contribution in [3.05, 3.63) is 33.9 Å². The van der Waals surface area contributed by atoms with Crippen LogP contribution in [0.3, 0.4) is 0 Å². The number of thiazole rings is 1. The van der Waals surface area contributed by atoms with Crippen LogP contribution in [0.2, 0.25) is 5.02 Å². The van der Waals surface area contributed by atoms with Gasteiger partial charge in [-0.3, -0.25) is 9.59 Å². The molecule has 3 rings (SSSR count). The first kappa shape index (κ1) is 20.5. The second-order valence-corrected chi connectivity index (χ2v) is 7.64. The summed E-state index contributed by atoms with van der Waals surface area (Å²) in [7, 11) is 0. The molecule has 150 valence electrons. The fraction of sp³-hybridized carbons (Fsp3) is 0.412. The lowest BCUT2D eigenvalue weighted by molar-refractivity contribution is -0.137. The van der Waals surface area contributed by atoms with Gasteiger partial charge in [0.25, 0.3) is 0 Å². The number of anilines is 2. The van der Waals surface area contributed by atoms with Gasteiger partial charge >= 0.3 is 6.18 Å². The molecule has 0 radical (unpaired) electrons. The third-order valence-electron chi connectivity index (χ3n) is 4.41. The molecular formula is C17H16ClF3N4O2S. The fourth-order valence-corrected chi connectivity index (χ4v) is 3.91. The maximum atomic E-state index is 12.7. The van der Waals surface area contributed by atoms with E-state index in [1.165, 1.54) is 18.3 Å². The summed E-state index contributed by atoms with van der Waals surface area (Å²) in [5.74, 6) is -0.366. The minimum atomic E-state index is -4.50. The molecule has 0 aliphatic carbocycles. The molecule has 1 saturated heterocycles. The van der Waals surface area contributed by atoms with E-state index in [0.29, 0.717) is 36.8 Å². The van der Waals surface area contributed by atoms with Crippen molar-refractivity contribution in [3.63, 3.8) is 0 Å². The molecule has 1 aliphatic heterocycles. The van der Waals surface area contributed by atoms with Crippen molar-refractivity contribution in [2.75, 3.05) is 23.3 Å². The third kappa shape index (κ3) is 4.61. The first-order valence-electron chi connectivity index (χ1n) is 8.40. The van der Waals surface area contributed by atoms with Crippen molar-refractivity contribution >= 4 is 45.6 Å². The SMILES string of the molecule is CC(=O)c1csc(NC(=O)C2CCN(c3ncc(C(F)(F)F)cc3Cl)CC2)n1. The first-order valence-corrected chi connectivity index (χ1v) is 9.66. The average Bonchev–Trinajstić information content (AvgIpc) is 3.10. The van der Waals surface area contributed by atoms with Crippen molar-refractivity contribution in [2.45, 2.75) is 25.9 Å². The van der Waals surface area contributed by atoms with Crippen LogP contribution in [0.25, 0.3) is 0 Å². The molecule has 3 heterocycles. The van der Waals surface area contributed by atoms with E-state index in [1.54, 1.807) is 10.3 Å². The molecule has 2 aromatic rings. The largest absolute Gasteiger partial charge is 0.417 e. The summed E-state index contributed by atoms with van der Waals surface area (Å²) in [5, 5.41) is 4.58. The van der Waals surface area contributed by atoms with E-state index in [1.807, 2.05) is 0 Å². The van der Waals surface area contributed by atoms with Crippen LogP contribution in [-0.2, 0) is 11.0 Å². The van der Waals surface area contributed by atoms with Crippen LogP contribution >= 0.6 is 22.9 Å². The van der Waals surface area contributed by atoms with Crippen molar-refractivity contribution in [2.24, 2.45) is 5.92 Å². The minimum Gasteiger partial charge on any atom is -0.355 e. The molecule has 0 bridgehead atoms. The lowest BCUT2D eigenvalue weighted by Crippen LogP contribution is -2.38. The molecule has 6 nitrogen and oxygen atoms in total. The molecule has 1 amide bonds. The van der Waals surface area contributed by atoms with Crippen LogP contribution in [0, 0.1) is 5.92 Å². The number of carbonyl (C=O) groups excluding carboxylic acids is 2. The molecule has 1 fully saturated rings. The Morgan fingerprint density at radius 1 is 1.32 bits per heavy atom. The number of carbonyl (C=O) groups is 2. The van der Waals surface area contributed by atoms with E-state index >= 15 is 0 Å². The molecule has 0 aromatic carbocycles. The zero-order valence-electron chi connectivity index (χ0n) is 14.7. The molecule has 0 unspecified atom stereocenters. The van der Waals surface area contributed by atoms with Crippen LogP contribution < -0.4 is 10.2 Å². The second-order valence-electron chi connectivity index (χ2n) is 6.37. The molecular weight excluding hydrogens is 417 g/mol. The number of amides is 1. The van der Waals surface area contributed by atoms with Gasteiger partial charge in [0.2, 0.25) is 5.91 Å². The minimum absolute atomic E-state index is 0.0720. The van der Waals surface area contributed by atoms with Gasteiger partial charge in [0.05, 0.1) is 10.6 Å². The van der Waals surface area contributed by atoms with Crippen molar-refractivity contribution < 1.29 is 22.8 Å². The Morgan fingerprint density at radius 3 is 2.54 bits per heavy atom. The van der Waals surface area contributed by atoms with E-state index in [4.69, 9.17) is 11.6 Å². The highest BCUT2D eigenvalue weighted by Gasteiger charge is 2.33. The maximum Gasteiger partial charge on any atom is 0.417 e. The summed E-state index contributed by atoms with van der Waals surface area (Å²) in [6, 6.07) is 0.859. The Balaban J connectivity index is 1.59. The molecule has 1 aliphatic rings. The number of aromatic nitrogens is 2. The highest BCUT2D eigenvalue weighted by atomic mass is 35.5. The topological polar surface area (TPSA) is 75.2 Å². The molecule has 11 heteroatoms. The number of rotatable bonds is 4. The van der Waals surface area contributed by atoms with Gasteiger partial charge in [-0.25, -0.2) is 9.97 Å². The Bertz CT molecular complexity index is 895. The zero-order valence-corrected chi connectivity index (χ0v) is 16.3. The molecule has 0 spiro atoms. The van der Waals surface area contributed by atoms with Crippen LogP contribution in [0.15, 0.2) is 17.6 Å². The van der Waals surface area contributed by atoms with E-state index in [9.17, 15) is 22.8 Å². The number of nitrogens with zero attached hydrogens (tertiary/aromatic N) is 3. The summed E-state index contributed by atoms with van der Waals surface area (Å²) < 4.78 is 38.2. The normalized spacial score (nSPS) is 15.5. The van der Waals surface area contributed by atoms with Gasteiger partial charge in [0, 0.05) is 37.5 Å². The van der Waals surface area contributed by atoms with E-state index in [-0.39, 0.29) is 28.4 Å². The molecule has 0 saturated carbocycles. The summed E-state index contributed by atoms with van der Waals surface area (Å²) in [5.41, 5.74) is -0.595. The predicted molar refractivity (Wildman–Crippen MR) is 99.9 cm³/mol. The number of halogens is 4. The van der Waals surface area contributed by atoms with E-state index < -0.39 is 11.7 Å². The summed E-state index contributed by atoms with van der Waals surface area (Å²) in [6.45, 7) is 2.27. The molecule has 0 atom stereocenters. The number of piperidine rings is 1. The highest BCUT2D eigenvalue weighted by molar-refractivity contribution is 7.14. The average molecular weight is 433 g/mol. The lowest BCUT2D eigenvalue weighted by atomic mass is 9.96. The number of ketones is 1.